The highest BCUT2D eigenvalue weighted by atomic mass is 79.9. The molecule has 1 aliphatic rings. The van der Waals surface area contributed by atoms with Crippen LogP contribution in [-0.2, 0) is 10.2 Å². The van der Waals surface area contributed by atoms with Crippen molar-refractivity contribution in [3.63, 3.8) is 0 Å². The topological polar surface area (TPSA) is 17.1 Å². The monoisotopic (exact) mass is 230 g/mol. The lowest BCUT2D eigenvalue weighted by Crippen LogP contribution is -2.05. The average molecular weight is 231 g/mol. The summed E-state index contributed by atoms with van der Waals surface area (Å²) in [5.74, 6) is 0. The van der Waals surface area contributed by atoms with E-state index in [9.17, 15) is 4.79 Å². The van der Waals surface area contributed by atoms with Crippen LogP contribution in [0, 0.1) is 0 Å². The van der Waals surface area contributed by atoms with Crippen LogP contribution in [0.5, 0.6) is 0 Å². The van der Waals surface area contributed by atoms with E-state index in [1.54, 1.807) is 11.3 Å². The molecule has 1 fully saturated rings. The molecule has 0 radical (unpaired) electrons. The van der Waals surface area contributed by atoms with Gasteiger partial charge in [-0.1, -0.05) is 0 Å². The second-order valence-electron chi connectivity index (χ2n) is 2.91. The molecule has 11 heavy (non-hydrogen) atoms. The summed E-state index contributed by atoms with van der Waals surface area (Å²) >= 11 is 5.03. The molecule has 0 N–H and O–H groups in total. The first-order valence-corrected chi connectivity index (χ1v) is 5.15. The van der Waals surface area contributed by atoms with Crippen LogP contribution in [0.1, 0.15) is 18.4 Å². The Morgan fingerprint density at radius 2 is 2.36 bits per heavy atom. The van der Waals surface area contributed by atoms with E-state index in [4.69, 9.17) is 0 Å². The zero-order valence-electron chi connectivity index (χ0n) is 5.84. The first-order chi connectivity index (χ1) is 5.27. The van der Waals surface area contributed by atoms with Crippen molar-refractivity contribution in [2.24, 2.45) is 0 Å². The van der Waals surface area contributed by atoms with Gasteiger partial charge in [0.2, 0.25) is 0 Å². The molecule has 1 saturated carbocycles. The number of halogens is 1. The van der Waals surface area contributed by atoms with Gasteiger partial charge in [0, 0.05) is 0 Å². The lowest BCUT2D eigenvalue weighted by atomic mass is 10.0. The summed E-state index contributed by atoms with van der Waals surface area (Å²) in [6.45, 7) is 0. The highest BCUT2D eigenvalue weighted by Gasteiger charge is 2.44. The fourth-order valence-electron chi connectivity index (χ4n) is 1.18. The number of rotatable bonds is 2. The predicted molar refractivity (Wildman–Crippen MR) is 49.0 cm³/mol. The number of hydrogen-bond acceptors (Lipinski definition) is 2. The standard InChI is InChI=1S/C8H7BrOS/c9-7-3-6(4-11-7)8(5-10)1-2-8/h3-5H,1-2H2. The number of carbonyl (C=O) groups is 1. The van der Waals surface area contributed by atoms with E-state index in [2.05, 4.69) is 21.3 Å². The van der Waals surface area contributed by atoms with Gasteiger partial charge >= 0.3 is 0 Å². The van der Waals surface area contributed by atoms with Gasteiger partial charge in [0.05, 0.1) is 9.20 Å². The van der Waals surface area contributed by atoms with Crippen molar-refractivity contribution in [2.45, 2.75) is 18.3 Å². The average Bonchev–Trinajstić information content (AvgIpc) is 2.70. The van der Waals surface area contributed by atoms with Crippen LogP contribution in [0.25, 0.3) is 0 Å². The molecule has 2 rings (SSSR count). The third-order valence-corrected chi connectivity index (χ3v) is 3.66. The molecular formula is C8H7BrOS. The fourth-order valence-corrected chi connectivity index (χ4v) is 2.44. The molecule has 1 aromatic rings. The van der Waals surface area contributed by atoms with Gasteiger partial charge in [0.15, 0.2) is 0 Å². The maximum absolute atomic E-state index is 10.7. The van der Waals surface area contributed by atoms with Gasteiger partial charge < -0.3 is 4.79 Å². The molecule has 3 heteroatoms. The summed E-state index contributed by atoms with van der Waals surface area (Å²) < 4.78 is 1.11. The Hall–Kier alpha value is -0.150. The summed E-state index contributed by atoms with van der Waals surface area (Å²) in [7, 11) is 0. The third kappa shape index (κ3) is 1.16. The molecule has 58 valence electrons. The molecule has 1 aromatic heterocycles. The SMILES string of the molecule is O=CC1(c2csc(Br)c2)CC1. The van der Waals surface area contributed by atoms with E-state index in [1.165, 1.54) is 5.56 Å². The zero-order chi connectivity index (χ0) is 7.90. The molecule has 0 atom stereocenters. The summed E-state index contributed by atoms with van der Waals surface area (Å²) in [5.41, 5.74) is 1.09. The van der Waals surface area contributed by atoms with Gasteiger partial charge in [-0.2, -0.15) is 0 Å². The minimum Gasteiger partial charge on any atom is -0.302 e. The second-order valence-corrected chi connectivity index (χ2v) is 5.20. The lowest BCUT2D eigenvalue weighted by Gasteiger charge is -2.00. The Morgan fingerprint density at radius 1 is 1.64 bits per heavy atom. The Bertz CT molecular complexity index is 288. The van der Waals surface area contributed by atoms with Crippen molar-refractivity contribution in [3.8, 4) is 0 Å². The molecule has 1 heterocycles. The van der Waals surface area contributed by atoms with Crippen LogP contribution in [0.15, 0.2) is 15.2 Å². The Balaban J connectivity index is 2.36. The summed E-state index contributed by atoms with van der Waals surface area (Å²) in [6, 6.07) is 2.05. The van der Waals surface area contributed by atoms with Gasteiger partial charge in [-0.3, -0.25) is 0 Å². The number of aldehydes is 1. The normalized spacial score (nSPS) is 19.7. The van der Waals surface area contributed by atoms with Crippen molar-refractivity contribution in [3.05, 3.63) is 20.8 Å². The van der Waals surface area contributed by atoms with E-state index in [-0.39, 0.29) is 5.41 Å². The summed E-state index contributed by atoms with van der Waals surface area (Å²) in [4.78, 5) is 10.7. The van der Waals surface area contributed by atoms with E-state index in [1.807, 2.05) is 6.07 Å². The van der Waals surface area contributed by atoms with Crippen LogP contribution >= 0.6 is 27.3 Å². The highest BCUT2D eigenvalue weighted by Crippen LogP contribution is 2.47. The van der Waals surface area contributed by atoms with Crippen LogP contribution in [0.2, 0.25) is 0 Å². The van der Waals surface area contributed by atoms with E-state index >= 15 is 0 Å². The predicted octanol–water partition coefficient (Wildman–Crippen LogP) is 2.74. The maximum atomic E-state index is 10.7. The first-order valence-electron chi connectivity index (χ1n) is 3.48. The zero-order valence-corrected chi connectivity index (χ0v) is 8.24. The highest BCUT2D eigenvalue weighted by molar-refractivity contribution is 9.11. The molecule has 1 nitrogen and oxygen atoms in total. The maximum Gasteiger partial charge on any atom is 0.130 e. The summed E-state index contributed by atoms with van der Waals surface area (Å²) in [6.07, 6.45) is 3.14. The largest absolute Gasteiger partial charge is 0.302 e. The molecule has 0 amide bonds. The van der Waals surface area contributed by atoms with Gasteiger partial charge in [-0.15, -0.1) is 11.3 Å². The van der Waals surface area contributed by atoms with Crippen LogP contribution in [0.4, 0.5) is 0 Å². The number of carbonyl (C=O) groups excluding carboxylic acids is 1. The fraction of sp³-hybridized carbons (Fsp3) is 0.375. The number of hydrogen-bond donors (Lipinski definition) is 0. The van der Waals surface area contributed by atoms with Crippen molar-refractivity contribution in [1.82, 2.24) is 0 Å². The Labute approximate surface area is 77.6 Å². The molecule has 0 unspecified atom stereocenters. The Kier molecular flexibility index (Phi) is 1.65. The number of thiophene rings is 1. The minimum absolute atomic E-state index is 0.0947. The lowest BCUT2D eigenvalue weighted by molar-refractivity contribution is -0.109. The molecule has 1 aliphatic carbocycles. The molecule has 0 aliphatic heterocycles. The quantitative estimate of drug-likeness (QED) is 0.715. The van der Waals surface area contributed by atoms with E-state index < -0.39 is 0 Å². The van der Waals surface area contributed by atoms with Gasteiger partial charge in [0.1, 0.15) is 6.29 Å². The van der Waals surface area contributed by atoms with Crippen molar-refractivity contribution in [2.75, 3.05) is 0 Å². The van der Waals surface area contributed by atoms with Crippen molar-refractivity contribution >= 4 is 33.6 Å². The smallest absolute Gasteiger partial charge is 0.130 e. The van der Waals surface area contributed by atoms with Gasteiger partial charge in [-0.05, 0) is 45.8 Å². The molecule has 0 saturated heterocycles. The third-order valence-electron chi connectivity index (χ3n) is 2.16. The van der Waals surface area contributed by atoms with Crippen LogP contribution in [0.3, 0.4) is 0 Å². The molecular weight excluding hydrogens is 224 g/mol. The van der Waals surface area contributed by atoms with Gasteiger partial charge in [0.25, 0.3) is 0 Å². The van der Waals surface area contributed by atoms with Crippen molar-refractivity contribution < 1.29 is 4.79 Å². The van der Waals surface area contributed by atoms with Crippen LogP contribution < -0.4 is 0 Å². The van der Waals surface area contributed by atoms with Crippen molar-refractivity contribution in [1.29, 1.82) is 0 Å². The van der Waals surface area contributed by atoms with E-state index in [0.717, 1.165) is 22.9 Å². The van der Waals surface area contributed by atoms with E-state index in [0.29, 0.717) is 0 Å². The first kappa shape index (κ1) is 7.50. The van der Waals surface area contributed by atoms with Crippen LogP contribution in [-0.4, -0.2) is 6.29 Å². The Morgan fingerprint density at radius 3 is 2.73 bits per heavy atom. The molecule has 0 spiro atoms. The van der Waals surface area contributed by atoms with Gasteiger partial charge in [-0.25, -0.2) is 0 Å². The minimum atomic E-state index is -0.0947. The molecule has 0 aromatic carbocycles. The second kappa shape index (κ2) is 2.42. The summed E-state index contributed by atoms with van der Waals surface area (Å²) in [5, 5.41) is 2.06. The molecule has 0 bridgehead atoms.